The molecule has 1 fully saturated rings. The van der Waals surface area contributed by atoms with Gasteiger partial charge in [0.1, 0.15) is 5.54 Å². The molecule has 2 atom stereocenters. The minimum absolute atomic E-state index is 0.0501. The summed E-state index contributed by atoms with van der Waals surface area (Å²) in [6.07, 6.45) is 3.05. The van der Waals surface area contributed by atoms with Gasteiger partial charge >= 0.3 is 0 Å². The predicted molar refractivity (Wildman–Crippen MR) is 66.3 cm³/mol. The van der Waals surface area contributed by atoms with Crippen LogP contribution in [0.25, 0.3) is 0 Å². The van der Waals surface area contributed by atoms with Crippen LogP contribution in [0.1, 0.15) is 25.7 Å². The number of ether oxygens (including phenoxy) is 1. The summed E-state index contributed by atoms with van der Waals surface area (Å²) in [6.45, 7) is 0.228. The van der Waals surface area contributed by atoms with E-state index in [9.17, 15) is 8.78 Å². The third-order valence-corrected chi connectivity index (χ3v) is 3.72. The van der Waals surface area contributed by atoms with Gasteiger partial charge in [0.15, 0.2) is 11.6 Å². The van der Waals surface area contributed by atoms with Crippen LogP contribution < -0.4 is 10.5 Å². The molecule has 0 radical (unpaired) electrons. The van der Waals surface area contributed by atoms with Crippen LogP contribution in [0, 0.1) is 28.9 Å². The number of halogens is 2. The number of nitrogens with two attached hydrogens (primary N) is 1. The molecule has 19 heavy (non-hydrogen) atoms. The molecule has 1 saturated carbocycles. The van der Waals surface area contributed by atoms with Gasteiger partial charge < -0.3 is 10.5 Å². The van der Waals surface area contributed by atoms with E-state index in [-0.39, 0.29) is 18.3 Å². The Bertz CT molecular complexity index is 501. The molecule has 5 heteroatoms. The summed E-state index contributed by atoms with van der Waals surface area (Å²) < 4.78 is 31.5. The van der Waals surface area contributed by atoms with Crippen molar-refractivity contribution in [2.75, 3.05) is 6.61 Å². The Morgan fingerprint density at radius 2 is 2.26 bits per heavy atom. The van der Waals surface area contributed by atoms with Crippen LogP contribution in [0.4, 0.5) is 8.78 Å². The van der Waals surface area contributed by atoms with Crippen molar-refractivity contribution in [3.63, 3.8) is 0 Å². The van der Waals surface area contributed by atoms with E-state index in [2.05, 4.69) is 6.07 Å². The summed E-state index contributed by atoms with van der Waals surface area (Å²) in [5.74, 6) is -1.96. The molecule has 0 heterocycles. The zero-order valence-corrected chi connectivity index (χ0v) is 10.5. The van der Waals surface area contributed by atoms with Crippen LogP contribution in [0.15, 0.2) is 18.2 Å². The Balaban J connectivity index is 1.91. The van der Waals surface area contributed by atoms with Crippen LogP contribution in [0.5, 0.6) is 5.75 Å². The average Bonchev–Trinajstić information content (AvgIpc) is 2.77. The lowest BCUT2D eigenvalue weighted by molar-refractivity contribution is 0.244. The van der Waals surface area contributed by atoms with E-state index in [1.807, 2.05) is 0 Å². The fraction of sp³-hybridized carbons (Fsp3) is 0.500. The Morgan fingerprint density at radius 1 is 1.47 bits per heavy atom. The number of nitrogens with zero attached hydrogens (tertiary/aromatic N) is 1. The first-order valence-electron chi connectivity index (χ1n) is 6.34. The normalized spacial score (nSPS) is 26.1. The van der Waals surface area contributed by atoms with Crippen LogP contribution in [0.3, 0.4) is 0 Å². The molecule has 0 aliphatic heterocycles. The summed E-state index contributed by atoms with van der Waals surface area (Å²) in [7, 11) is 0. The lowest BCUT2D eigenvalue weighted by Crippen LogP contribution is -2.42. The highest BCUT2D eigenvalue weighted by Gasteiger charge is 2.39. The molecule has 2 rings (SSSR count). The molecule has 1 aromatic carbocycles. The highest BCUT2D eigenvalue weighted by atomic mass is 19.2. The molecule has 3 nitrogen and oxygen atoms in total. The van der Waals surface area contributed by atoms with E-state index in [0.29, 0.717) is 12.8 Å². The van der Waals surface area contributed by atoms with E-state index < -0.39 is 17.2 Å². The van der Waals surface area contributed by atoms with Crippen molar-refractivity contribution < 1.29 is 13.5 Å². The van der Waals surface area contributed by atoms with Crippen molar-refractivity contribution in [3.8, 4) is 11.8 Å². The second-order valence-corrected chi connectivity index (χ2v) is 4.93. The standard InChI is InChI=1S/C14H16F2N2O/c15-11-4-1-5-12(13(11)16)19-8-6-10-3-2-7-14(10,18)9-17/h1,4-5,10H,2-3,6-8,18H2. The lowest BCUT2D eigenvalue weighted by atomic mass is 9.87. The van der Waals surface area contributed by atoms with Crippen molar-refractivity contribution in [3.05, 3.63) is 29.8 Å². The van der Waals surface area contributed by atoms with Gasteiger partial charge in [-0.2, -0.15) is 9.65 Å². The topological polar surface area (TPSA) is 59.0 Å². The molecule has 0 aromatic heterocycles. The first-order valence-corrected chi connectivity index (χ1v) is 6.34. The lowest BCUT2D eigenvalue weighted by Gasteiger charge is -2.23. The van der Waals surface area contributed by atoms with Gasteiger partial charge in [0.05, 0.1) is 12.7 Å². The third kappa shape index (κ3) is 2.85. The van der Waals surface area contributed by atoms with Crippen molar-refractivity contribution in [1.29, 1.82) is 5.26 Å². The van der Waals surface area contributed by atoms with Gasteiger partial charge in [0.25, 0.3) is 0 Å². The zero-order chi connectivity index (χ0) is 13.9. The molecule has 0 saturated heterocycles. The number of benzene rings is 1. The first kappa shape index (κ1) is 13.8. The van der Waals surface area contributed by atoms with E-state index in [1.165, 1.54) is 12.1 Å². The molecule has 2 N–H and O–H groups in total. The van der Waals surface area contributed by atoms with Gasteiger partial charge in [-0.05, 0) is 37.3 Å². The molecule has 1 aromatic rings. The molecular formula is C14H16F2N2O. The van der Waals surface area contributed by atoms with E-state index in [0.717, 1.165) is 18.9 Å². The SMILES string of the molecule is N#CC1(N)CCCC1CCOc1cccc(F)c1F. The minimum Gasteiger partial charge on any atom is -0.490 e. The van der Waals surface area contributed by atoms with Crippen molar-refractivity contribution in [2.24, 2.45) is 11.7 Å². The number of rotatable bonds is 4. The molecule has 1 aliphatic rings. The first-order chi connectivity index (χ1) is 9.07. The molecule has 1 aliphatic carbocycles. The van der Waals surface area contributed by atoms with Gasteiger partial charge in [-0.15, -0.1) is 0 Å². The Kier molecular flexibility index (Phi) is 4.01. The molecule has 0 spiro atoms. The summed E-state index contributed by atoms with van der Waals surface area (Å²) in [5, 5.41) is 9.07. The Hall–Kier alpha value is -1.67. The predicted octanol–water partition coefficient (Wildman–Crippen LogP) is 2.75. The van der Waals surface area contributed by atoms with Crippen LogP contribution in [-0.4, -0.2) is 12.1 Å². The monoisotopic (exact) mass is 266 g/mol. The van der Waals surface area contributed by atoms with E-state index in [1.54, 1.807) is 0 Å². The summed E-state index contributed by atoms with van der Waals surface area (Å²) in [6, 6.07) is 5.97. The Labute approximate surface area is 111 Å². The maximum absolute atomic E-state index is 13.3. The molecule has 102 valence electrons. The maximum Gasteiger partial charge on any atom is 0.200 e. The van der Waals surface area contributed by atoms with Gasteiger partial charge in [-0.3, -0.25) is 0 Å². The molecule has 0 amide bonds. The summed E-state index contributed by atoms with van der Waals surface area (Å²) in [4.78, 5) is 0. The second-order valence-electron chi connectivity index (χ2n) is 4.93. The van der Waals surface area contributed by atoms with Gasteiger partial charge in [-0.1, -0.05) is 12.5 Å². The smallest absolute Gasteiger partial charge is 0.200 e. The average molecular weight is 266 g/mol. The quantitative estimate of drug-likeness (QED) is 0.911. The van der Waals surface area contributed by atoms with Crippen LogP contribution in [-0.2, 0) is 0 Å². The maximum atomic E-state index is 13.3. The van der Waals surface area contributed by atoms with E-state index >= 15 is 0 Å². The molecular weight excluding hydrogens is 250 g/mol. The summed E-state index contributed by atoms with van der Waals surface area (Å²) >= 11 is 0. The molecule has 0 bridgehead atoms. The van der Waals surface area contributed by atoms with Gasteiger partial charge in [0, 0.05) is 0 Å². The minimum atomic E-state index is -0.979. The summed E-state index contributed by atoms with van der Waals surface area (Å²) in [5.41, 5.74) is 5.18. The highest BCUT2D eigenvalue weighted by molar-refractivity contribution is 5.25. The number of hydrogen-bond acceptors (Lipinski definition) is 3. The highest BCUT2D eigenvalue weighted by Crippen LogP contribution is 2.35. The number of nitriles is 1. The van der Waals surface area contributed by atoms with Crippen LogP contribution >= 0.6 is 0 Å². The molecule has 2 unspecified atom stereocenters. The second kappa shape index (κ2) is 5.54. The van der Waals surface area contributed by atoms with Crippen molar-refractivity contribution in [1.82, 2.24) is 0 Å². The third-order valence-electron chi connectivity index (χ3n) is 3.72. The van der Waals surface area contributed by atoms with Gasteiger partial charge in [-0.25, -0.2) is 4.39 Å². The number of hydrogen-bond donors (Lipinski definition) is 1. The largest absolute Gasteiger partial charge is 0.490 e. The zero-order valence-electron chi connectivity index (χ0n) is 10.5. The fourth-order valence-electron chi connectivity index (χ4n) is 2.56. The van der Waals surface area contributed by atoms with E-state index in [4.69, 9.17) is 15.7 Å². The van der Waals surface area contributed by atoms with Gasteiger partial charge in [0.2, 0.25) is 5.82 Å². The van der Waals surface area contributed by atoms with Crippen molar-refractivity contribution >= 4 is 0 Å². The van der Waals surface area contributed by atoms with Crippen molar-refractivity contribution in [2.45, 2.75) is 31.2 Å². The van der Waals surface area contributed by atoms with Crippen LogP contribution in [0.2, 0.25) is 0 Å². The fourth-order valence-corrected chi connectivity index (χ4v) is 2.56. The Morgan fingerprint density at radius 3 is 3.00 bits per heavy atom.